The predicted octanol–water partition coefficient (Wildman–Crippen LogP) is 1.47. The van der Waals surface area contributed by atoms with E-state index in [2.05, 4.69) is 32.4 Å². The first-order valence-corrected chi connectivity index (χ1v) is 9.98. The van der Waals surface area contributed by atoms with Crippen molar-refractivity contribution in [2.75, 3.05) is 70.6 Å². The predicted molar refractivity (Wildman–Crippen MR) is 115 cm³/mol. The first-order valence-electron chi connectivity index (χ1n) is 9.98. The lowest BCUT2D eigenvalue weighted by Gasteiger charge is -2.34. The largest absolute Gasteiger partial charge is 0.369 e. The fraction of sp³-hybridized carbons (Fsp3) is 0.619. The molecule has 0 atom stereocenters. The van der Waals surface area contributed by atoms with Gasteiger partial charge < -0.3 is 25.3 Å². The molecule has 28 heavy (non-hydrogen) atoms. The van der Waals surface area contributed by atoms with Crippen molar-refractivity contribution in [3.8, 4) is 0 Å². The minimum Gasteiger partial charge on any atom is -0.369 e. The molecule has 156 valence electrons. The van der Waals surface area contributed by atoms with Crippen LogP contribution in [0.15, 0.2) is 24.3 Å². The molecule has 1 heterocycles. The van der Waals surface area contributed by atoms with Gasteiger partial charge in [0, 0.05) is 44.1 Å². The molecule has 0 unspecified atom stereocenters. The van der Waals surface area contributed by atoms with Gasteiger partial charge in [0.2, 0.25) is 11.8 Å². The summed E-state index contributed by atoms with van der Waals surface area (Å²) in [4.78, 5) is 31.8. The van der Waals surface area contributed by atoms with Gasteiger partial charge >= 0.3 is 0 Å². The van der Waals surface area contributed by atoms with Crippen LogP contribution in [-0.2, 0) is 9.59 Å². The number of likely N-dealkylation sites (N-methyl/N-ethyl adjacent to an activating group) is 1. The molecule has 0 spiro atoms. The van der Waals surface area contributed by atoms with E-state index in [0.29, 0.717) is 12.2 Å². The van der Waals surface area contributed by atoms with E-state index in [1.54, 1.807) is 13.8 Å². The molecule has 0 bridgehead atoms. The van der Waals surface area contributed by atoms with Crippen molar-refractivity contribution in [1.82, 2.24) is 15.1 Å². The maximum atomic E-state index is 12.6. The molecule has 0 aliphatic carbocycles. The second-order valence-corrected chi connectivity index (χ2v) is 8.33. The van der Waals surface area contributed by atoms with Crippen LogP contribution in [0.2, 0.25) is 0 Å². The number of anilines is 2. The lowest BCUT2D eigenvalue weighted by Crippen LogP contribution is -2.45. The number of piperazine rings is 1. The fourth-order valence-corrected chi connectivity index (χ4v) is 3.03. The zero-order valence-electron chi connectivity index (χ0n) is 17.9. The Hall–Kier alpha value is -2.12. The van der Waals surface area contributed by atoms with E-state index in [0.717, 1.165) is 44.8 Å². The summed E-state index contributed by atoms with van der Waals surface area (Å²) in [5.74, 6) is -0.553. The molecule has 1 fully saturated rings. The molecule has 2 rings (SSSR count). The van der Waals surface area contributed by atoms with Crippen LogP contribution in [0.1, 0.15) is 20.3 Å². The molecule has 1 aliphatic rings. The van der Waals surface area contributed by atoms with E-state index < -0.39 is 5.41 Å². The Bertz CT molecular complexity index is 649. The molecule has 7 heteroatoms. The molecule has 1 aromatic rings. The SMILES string of the molecule is CN(C)CCCNC(=O)C(C)(C)C(=O)Nc1ccc(N2CCN(C)CC2)cc1. The Kier molecular flexibility index (Phi) is 7.83. The molecule has 7 nitrogen and oxygen atoms in total. The van der Waals surface area contributed by atoms with Crippen molar-refractivity contribution in [3.05, 3.63) is 24.3 Å². The monoisotopic (exact) mass is 389 g/mol. The second-order valence-electron chi connectivity index (χ2n) is 8.33. The minimum absolute atomic E-state index is 0.252. The highest BCUT2D eigenvalue weighted by molar-refractivity contribution is 6.09. The molecular formula is C21H35N5O2. The first kappa shape index (κ1) is 22.2. The molecule has 1 aliphatic heterocycles. The van der Waals surface area contributed by atoms with Gasteiger partial charge in [0.05, 0.1) is 0 Å². The molecule has 0 saturated carbocycles. The summed E-state index contributed by atoms with van der Waals surface area (Å²) in [7, 11) is 6.12. The zero-order chi connectivity index (χ0) is 20.7. The maximum absolute atomic E-state index is 12.6. The number of carbonyl (C=O) groups is 2. The number of amides is 2. The van der Waals surface area contributed by atoms with Crippen LogP contribution in [0.4, 0.5) is 11.4 Å². The number of hydrogen-bond acceptors (Lipinski definition) is 5. The van der Waals surface area contributed by atoms with Gasteiger partial charge in [-0.25, -0.2) is 0 Å². The fourth-order valence-electron chi connectivity index (χ4n) is 3.03. The van der Waals surface area contributed by atoms with Gasteiger partial charge in [-0.1, -0.05) is 0 Å². The van der Waals surface area contributed by atoms with E-state index in [1.807, 2.05) is 38.4 Å². The van der Waals surface area contributed by atoms with Gasteiger partial charge in [-0.2, -0.15) is 0 Å². The van der Waals surface area contributed by atoms with E-state index in [9.17, 15) is 9.59 Å². The minimum atomic E-state index is -1.13. The number of nitrogens with one attached hydrogen (secondary N) is 2. The molecular weight excluding hydrogens is 354 g/mol. The third kappa shape index (κ3) is 6.21. The summed E-state index contributed by atoms with van der Waals surface area (Å²) in [6, 6.07) is 7.84. The Labute approximate surface area is 169 Å². The van der Waals surface area contributed by atoms with Crippen LogP contribution >= 0.6 is 0 Å². The molecule has 2 amide bonds. The topological polar surface area (TPSA) is 67.9 Å². The van der Waals surface area contributed by atoms with Gasteiger partial charge in [0.1, 0.15) is 5.41 Å². The second kappa shape index (κ2) is 9.89. The third-order valence-corrected chi connectivity index (χ3v) is 5.20. The summed E-state index contributed by atoms with van der Waals surface area (Å²) in [6.07, 6.45) is 0.851. The summed E-state index contributed by atoms with van der Waals surface area (Å²) in [5.41, 5.74) is 0.731. The smallest absolute Gasteiger partial charge is 0.239 e. The highest BCUT2D eigenvalue weighted by atomic mass is 16.2. The summed E-state index contributed by atoms with van der Waals surface area (Å²) < 4.78 is 0. The normalized spacial score (nSPS) is 15.6. The quantitative estimate of drug-likeness (QED) is 0.521. The van der Waals surface area contributed by atoms with Crippen LogP contribution in [-0.4, -0.2) is 82.0 Å². The van der Waals surface area contributed by atoms with Gasteiger partial charge in [-0.05, 0) is 72.2 Å². The van der Waals surface area contributed by atoms with E-state index in [1.165, 1.54) is 0 Å². The average molecular weight is 390 g/mol. The summed E-state index contributed by atoms with van der Waals surface area (Å²) in [6.45, 7) is 8.88. The van der Waals surface area contributed by atoms with Gasteiger partial charge in [-0.3, -0.25) is 9.59 Å². The Balaban J connectivity index is 1.87. The first-order chi connectivity index (χ1) is 13.2. The Morgan fingerprint density at radius 3 is 2.21 bits per heavy atom. The molecule has 1 aromatic carbocycles. The number of carbonyl (C=O) groups excluding carboxylic acids is 2. The van der Waals surface area contributed by atoms with Crippen molar-refractivity contribution < 1.29 is 9.59 Å². The van der Waals surface area contributed by atoms with Crippen molar-refractivity contribution >= 4 is 23.2 Å². The van der Waals surface area contributed by atoms with Crippen LogP contribution < -0.4 is 15.5 Å². The average Bonchev–Trinajstić information content (AvgIpc) is 2.66. The molecule has 0 aromatic heterocycles. The Morgan fingerprint density at radius 2 is 1.64 bits per heavy atom. The van der Waals surface area contributed by atoms with E-state index >= 15 is 0 Å². The summed E-state index contributed by atoms with van der Waals surface area (Å²) in [5, 5.41) is 5.74. The van der Waals surface area contributed by atoms with Crippen LogP contribution in [0.3, 0.4) is 0 Å². The maximum Gasteiger partial charge on any atom is 0.239 e. The van der Waals surface area contributed by atoms with E-state index in [4.69, 9.17) is 0 Å². The van der Waals surface area contributed by atoms with Crippen LogP contribution in [0.25, 0.3) is 0 Å². The van der Waals surface area contributed by atoms with Crippen LogP contribution in [0, 0.1) is 5.41 Å². The zero-order valence-corrected chi connectivity index (χ0v) is 17.9. The highest BCUT2D eigenvalue weighted by Gasteiger charge is 2.35. The van der Waals surface area contributed by atoms with E-state index in [-0.39, 0.29) is 11.8 Å². The lowest BCUT2D eigenvalue weighted by atomic mass is 9.91. The van der Waals surface area contributed by atoms with Crippen molar-refractivity contribution in [3.63, 3.8) is 0 Å². The molecule has 0 radical (unpaired) electrons. The van der Waals surface area contributed by atoms with Gasteiger partial charge in [0.15, 0.2) is 0 Å². The van der Waals surface area contributed by atoms with Crippen molar-refractivity contribution in [2.45, 2.75) is 20.3 Å². The number of hydrogen-bond donors (Lipinski definition) is 2. The van der Waals surface area contributed by atoms with Gasteiger partial charge in [0.25, 0.3) is 0 Å². The van der Waals surface area contributed by atoms with Crippen LogP contribution in [0.5, 0.6) is 0 Å². The highest BCUT2D eigenvalue weighted by Crippen LogP contribution is 2.22. The number of benzene rings is 1. The molecule has 2 N–H and O–H groups in total. The lowest BCUT2D eigenvalue weighted by molar-refractivity contribution is -0.138. The molecule has 1 saturated heterocycles. The van der Waals surface area contributed by atoms with Crippen molar-refractivity contribution in [1.29, 1.82) is 0 Å². The standard InChI is InChI=1S/C21H35N5O2/c1-21(2,19(27)22-11-6-12-24(3)4)20(28)23-17-7-9-18(10-8-17)26-15-13-25(5)14-16-26/h7-10H,6,11-16H2,1-5H3,(H,22,27)(H,23,28). The third-order valence-electron chi connectivity index (χ3n) is 5.20. The van der Waals surface area contributed by atoms with Gasteiger partial charge in [-0.15, -0.1) is 0 Å². The van der Waals surface area contributed by atoms with Crippen molar-refractivity contribution in [2.24, 2.45) is 5.41 Å². The Morgan fingerprint density at radius 1 is 1.04 bits per heavy atom. The summed E-state index contributed by atoms with van der Waals surface area (Å²) >= 11 is 0. The number of rotatable bonds is 8. The number of nitrogens with zero attached hydrogens (tertiary/aromatic N) is 3.